The summed E-state index contributed by atoms with van der Waals surface area (Å²) < 4.78 is 27.1. The van der Waals surface area contributed by atoms with Crippen molar-refractivity contribution in [3.8, 4) is 0 Å². The van der Waals surface area contributed by atoms with E-state index in [1.807, 2.05) is 0 Å². The number of carbonyl (C=O) groups excluding carboxylic acids is 1. The van der Waals surface area contributed by atoms with Crippen LogP contribution in [0.1, 0.15) is 20.8 Å². The summed E-state index contributed by atoms with van der Waals surface area (Å²) in [5.74, 6) is -2.16. The van der Waals surface area contributed by atoms with Crippen molar-refractivity contribution in [2.75, 3.05) is 0 Å². The fourth-order valence-electron chi connectivity index (χ4n) is 1.49. The highest BCUT2D eigenvalue weighted by Crippen LogP contribution is 2.19. The van der Waals surface area contributed by atoms with Gasteiger partial charge in [0, 0.05) is 17.5 Å². The number of rotatable bonds is 3. The van der Waals surface area contributed by atoms with Crippen LogP contribution in [0.3, 0.4) is 0 Å². The molecule has 1 aromatic heterocycles. The van der Waals surface area contributed by atoms with Crippen LogP contribution >= 0.6 is 11.3 Å². The van der Waals surface area contributed by atoms with Crippen molar-refractivity contribution in [3.05, 3.63) is 51.5 Å². The van der Waals surface area contributed by atoms with Crippen LogP contribution in [0.15, 0.2) is 23.8 Å². The van der Waals surface area contributed by atoms with Crippen LogP contribution in [0, 0.1) is 18.6 Å². The van der Waals surface area contributed by atoms with E-state index in [2.05, 4.69) is 4.98 Å². The molecule has 1 aromatic carbocycles. The fourth-order valence-corrected chi connectivity index (χ4v) is 2.08. The van der Waals surface area contributed by atoms with E-state index in [0.29, 0.717) is 4.88 Å². The van der Waals surface area contributed by atoms with Gasteiger partial charge in [-0.15, -0.1) is 11.3 Å². The van der Waals surface area contributed by atoms with Crippen molar-refractivity contribution >= 4 is 17.1 Å². The van der Waals surface area contributed by atoms with Crippen LogP contribution in [0.2, 0.25) is 0 Å². The average Bonchev–Trinajstić information content (AvgIpc) is 2.77. The molecule has 0 atom stereocenters. The lowest BCUT2D eigenvalue weighted by Gasteiger charge is -2.05. The van der Waals surface area contributed by atoms with Gasteiger partial charge < -0.3 is 0 Å². The topological polar surface area (TPSA) is 30.0 Å². The van der Waals surface area contributed by atoms with Crippen molar-refractivity contribution in [1.82, 2.24) is 4.98 Å². The zero-order valence-corrected chi connectivity index (χ0v) is 9.85. The van der Waals surface area contributed by atoms with E-state index in [9.17, 15) is 13.6 Å². The summed E-state index contributed by atoms with van der Waals surface area (Å²) in [4.78, 5) is 16.3. The maximum absolute atomic E-state index is 13.7. The second kappa shape index (κ2) is 4.71. The Balaban J connectivity index is 2.34. The van der Waals surface area contributed by atoms with E-state index in [1.165, 1.54) is 30.5 Å². The molecule has 0 saturated heterocycles. The SMILES string of the molecule is Cc1ccc(F)c(C(=O)Cc2cncs2)c1F. The highest BCUT2D eigenvalue weighted by Gasteiger charge is 2.19. The Hall–Kier alpha value is -1.62. The Morgan fingerprint density at radius 3 is 2.82 bits per heavy atom. The zero-order valence-electron chi connectivity index (χ0n) is 9.04. The van der Waals surface area contributed by atoms with Crippen LogP contribution in [0.4, 0.5) is 8.78 Å². The molecule has 0 aliphatic heterocycles. The summed E-state index contributed by atoms with van der Waals surface area (Å²) in [6.45, 7) is 1.50. The van der Waals surface area contributed by atoms with Crippen molar-refractivity contribution in [1.29, 1.82) is 0 Å². The van der Waals surface area contributed by atoms with E-state index in [4.69, 9.17) is 0 Å². The summed E-state index contributed by atoms with van der Waals surface area (Å²) in [7, 11) is 0. The molecular formula is C12H9F2NOS. The van der Waals surface area contributed by atoms with Gasteiger partial charge in [-0.1, -0.05) is 6.07 Å². The molecular weight excluding hydrogens is 244 g/mol. The molecule has 0 radical (unpaired) electrons. The molecule has 0 unspecified atom stereocenters. The van der Waals surface area contributed by atoms with Crippen LogP contribution in [-0.4, -0.2) is 10.8 Å². The third kappa shape index (κ3) is 2.39. The van der Waals surface area contributed by atoms with Crippen LogP contribution in [0.25, 0.3) is 0 Å². The van der Waals surface area contributed by atoms with Crippen molar-refractivity contribution in [2.24, 2.45) is 0 Å². The fraction of sp³-hybridized carbons (Fsp3) is 0.167. The molecule has 17 heavy (non-hydrogen) atoms. The Labute approximate surface area is 101 Å². The maximum Gasteiger partial charge on any atom is 0.174 e. The normalized spacial score (nSPS) is 10.5. The number of halogens is 2. The number of thiazole rings is 1. The first-order valence-electron chi connectivity index (χ1n) is 4.94. The highest BCUT2D eigenvalue weighted by atomic mass is 32.1. The number of hydrogen-bond donors (Lipinski definition) is 0. The Bertz CT molecular complexity index is 552. The number of hydrogen-bond acceptors (Lipinski definition) is 3. The molecule has 0 aliphatic rings. The maximum atomic E-state index is 13.7. The predicted molar refractivity (Wildman–Crippen MR) is 61.2 cm³/mol. The van der Waals surface area contributed by atoms with Gasteiger partial charge >= 0.3 is 0 Å². The second-order valence-electron chi connectivity index (χ2n) is 3.62. The minimum atomic E-state index is -0.817. The summed E-state index contributed by atoms with van der Waals surface area (Å²) >= 11 is 1.28. The molecule has 2 nitrogen and oxygen atoms in total. The molecule has 0 amide bonds. The van der Waals surface area contributed by atoms with E-state index in [-0.39, 0.29) is 12.0 Å². The standard InChI is InChI=1S/C12H9F2NOS/c1-7-2-3-9(13)11(12(7)14)10(16)4-8-5-15-6-17-8/h2-3,5-6H,4H2,1H3. The van der Waals surface area contributed by atoms with Crippen molar-refractivity contribution < 1.29 is 13.6 Å². The largest absolute Gasteiger partial charge is 0.294 e. The van der Waals surface area contributed by atoms with Gasteiger partial charge in [0.2, 0.25) is 0 Å². The third-order valence-corrected chi connectivity index (χ3v) is 3.16. The van der Waals surface area contributed by atoms with E-state index < -0.39 is 23.0 Å². The Kier molecular flexibility index (Phi) is 3.28. The summed E-state index contributed by atoms with van der Waals surface area (Å²) in [6, 6.07) is 2.42. The minimum absolute atomic E-state index is 0.0258. The Morgan fingerprint density at radius 1 is 1.41 bits per heavy atom. The van der Waals surface area contributed by atoms with Gasteiger partial charge in [0.15, 0.2) is 5.78 Å². The number of carbonyl (C=O) groups is 1. The monoisotopic (exact) mass is 253 g/mol. The van der Waals surface area contributed by atoms with E-state index in [0.717, 1.165) is 6.07 Å². The van der Waals surface area contributed by atoms with Gasteiger partial charge in [0.25, 0.3) is 0 Å². The smallest absolute Gasteiger partial charge is 0.174 e. The lowest BCUT2D eigenvalue weighted by molar-refractivity contribution is 0.0985. The molecule has 0 spiro atoms. The molecule has 0 aliphatic carbocycles. The first-order valence-corrected chi connectivity index (χ1v) is 5.82. The van der Waals surface area contributed by atoms with Gasteiger partial charge in [0.1, 0.15) is 11.6 Å². The zero-order chi connectivity index (χ0) is 12.4. The number of benzene rings is 1. The summed E-state index contributed by atoms with van der Waals surface area (Å²) in [5.41, 5.74) is 1.38. The van der Waals surface area contributed by atoms with Gasteiger partial charge in [-0.05, 0) is 18.6 Å². The van der Waals surface area contributed by atoms with Crippen LogP contribution in [0.5, 0.6) is 0 Å². The predicted octanol–water partition coefficient (Wildman–Crippen LogP) is 3.16. The molecule has 0 bridgehead atoms. The lowest BCUT2D eigenvalue weighted by Crippen LogP contribution is -2.09. The first-order chi connectivity index (χ1) is 8.09. The first kappa shape index (κ1) is 11.9. The summed E-state index contributed by atoms with van der Waals surface area (Å²) in [6.07, 6.45) is 1.50. The third-order valence-electron chi connectivity index (χ3n) is 2.38. The molecule has 0 N–H and O–H groups in total. The van der Waals surface area contributed by atoms with Gasteiger partial charge in [-0.3, -0.25) is 9.78 Å². The molecule has 2 aromatic rings. The quantitative estimate of drug-likeness (QED) is 0.786. The van der Waals surface area contributed by atoms with E-state index >= 15 is 0 Å². The van der Waals surface area contributed by atoms with Crippen molar-refractivity contribution in [3.63, 3.8) is 0 Å². The molecule has 5 heteroatoms. The van der Waals surface area contributed by atoms with Gasteiger partial charge in [-0.25, -0.2) is 8.78 Å². The lowest BCUT2D eigenvalue weighted by atomic mass is 10.0. The summed E-state index contributed by atoms with van der Waals surface area (Å²) in [5, 5.41) is 0. The van der Waals surface area contributed by atoms with E-state index in [1.54, 1.807) is 5.51 Å². The number of aromatic nitrogens is 1. The average molecular weight is 253 g/mol. The van der Waals surface area contributed by atoms with Crippen LogP contribution in [-0.2, 0) is 6.42 Å². The van der Waals surface area contributed by atoms with Gasteiger partial charge in [0.05, 0.1) is 11.1 Å². The molecule has 0 saturated carbocycles. The molecule has 1 heterocycles. The molecule has 0 fully saturated rings. The number of Topliss-reactive ketones (excluding diaryl/α,β-unsaturated/α-hetero) is 1. The van der Waals surface area contributed by atoms with Gasteiger partial charge in [-0.2, -0.15) is 0 Å². The molecule has 88 valence electrons. The minimum Gasteiger partial charge on any atom is -0.294 e. The number of ketones is 1. The van der Waals surface area contributed by atoms with Crippen molar-refractivity contribution in [2.45, 2.75) is 13.3 Å². The number of aryl methyl sites for hydroxylation is 1. The number of nitrogens with zero attached hydrogens (tertiary/aromatic N) is 1. The van der Waals surface area contributed by atoms with Crippen LogP contribution < -0.4 is 0 Å². The highest BCUT2D eigenvalue weighted by molar-refractivity contribution is 7.09. The molecule has 2 rings (SSSR count). The Morgan fingerprint density at radius 2 is 2.18 bits per heavy atom. The second-order valence-corrected chi connectivity index (χ2v) is 4.59.